The van der Waals surface area contributed by atoms with Crippen molar-refractivity contribution >= 4 is 23.4 Å². The summed E-state index contributed by atoms with van der Waals surface area (Å²) < 4.78 is 0. The predicted octanol–water partition coefficient (Wildman–Crippen LogP) is 11.5. The van der Waals surface area contributed by atoms with Crippen LogP contribution < -0.4 is 10.2 Å². The highest BCUT2D eigenvalue weighted by molar-refractivity contribution is 6.06. The number of amides is 3. The molecule has 0 bridgehead atoms. The molecule has 3 amide bonds. The first-order valence-corrected chi connectivity index (χ1v) is 19.1. The van der Waals surface area contributed by atoms with Crippen molar-refractivity contribution in [1.29, 1.82) is 0 Å². The molecule has 1 saturated heterocycles. The van der Waals surface area contributed by atoms with E-state index >= 15 is 0 Å². The number of carbonyl (C=O) groups excluding carboxylic acids is 3. The molecule has 1 aromatic rings. The van der Waals surface area contributed by atoms with Crippen LogP contribution in [0.3, 0.4) is 0 Å². The highest BCUT2D eigenvalue weighted by atomic mass is 16.2. The van der Waals surface area contributed by atoms with Crippen LogP contribution in [0.15, 0.2) is 18.2 Å². The van der Waals surface area contributed by atoms with Crippen LogP contribution in [0, 0.1) is 24.2 Å². The van der Waals surface area contributed by atoms with Crippen molar-refractivity contribution in [2.24, 2.45) is 17.3 Å². The summed E-state index contributed by atoms with van der Waals surface area (Å²) in [5.74, 6) is 1.59. The minimum atomic E-state index is -0.629. The van der Waals surface area contributed by atoms with Gasteiger partial charge in [-0.15, -0.1) is 0 Å². The lowest BCUT2D eigenvalue weighted by Gasteiger charge is -2.47. The number of nitrogens with zero attached hydrogens (tertiary/aromatic N) is 1. The van der Waals surface area contributed by atoms with Gasteiger partial charge in [-0.2, -0.15) is 0 Å². The van der Waals surface area contributed by atoms with E-state index in [4.69, 9.17) is 0 Å². The van der Waals surface area contributed by atoms with Gasteiger partial charge in [0.25, 0.3) is 0 Å². The van der Waals surface area contributed by atoms with Crippen LogP contribution >= 0.6 is 0 Å². The van der Waals surface area contributed by atoms with Gasteiger partial charge in [-0.1, -0.05) is 125 Å². The quantitative estimate of drug-likeness (QED) is 0.144. The average molecular weight is 641 g/mol. The van der Waals surface area contributed by atoms with Gasteiger partial charge >= 0.3 is 0 Å². The number of rotatable bonds is 16. The van der Waals surface area contributed by atoms with Crippen LogP contribution in [0.25, 0.3) is 0 Å². The number of hydrogen-bond acceptors (Lipinski definition) is 3. The number of carbonyl (C=O) groups is 3. The number of imide groups is 1. The van der Waals surface area contributed by atoms with Crippen molar-refractivity contribution in [3.05, 3.63) is 29.3 Å². The normalized spacial score (nSPS) is 21.3. The van der Waals surface area contributed by atoms with E-state index in [1.807, 2.05) is 13.0 Å². The highest BCUT2D eigenvalue weighted by Crippen LogP contribution is 2.52. The SMILES string of the molecule is CCC(C)C.CCCCCC(CCC)c1ccc(N(C(C)=O)C2CCC(=O)NC2=O)c(C)c1.CCCCCC1(CCC)CC(C)C1. The number of unbranched alkanes of at least 4 members (excludes halogenated alkanes) is 4. The summed E-state index contributed by atoms with van der Waals surface area (Å²) in [4.78, 5) is 37.7. The lowest BCUT2D eigenvalue weighted by molar-refractivity contribution is -0.135. The first-order valence-electron chi connectivity index (χ1n) is 19.1. The molecule has 1 saturated carbocycles. The molecule has 1 N–H and O–H groups in total. The molecule has 5 heteroatoms. The summed E-state index contributed by atoms with van der Waals surface area (Å²) in [5.41, 5.74) is 3.86. The van der Waals surface area contributed by atoms with Crippen molar-refractivity contribution in [1.82, 2.24) is 5.32 Å². The van der Waals surface area contributed by atoms with Crippen molar-refractivity contribution in [2.45, 2.75) is 190 Å². The Bertz CT molecular complexity index is 1020. The summed E-state index contributed by atoms with van der Waals surface area (Å²) >= 11 is 0. The van der Waals surface area contributed by atoms with E-state index in [0.29, 0.717) is 12.3 Å². The highest BCUT2D eigenvalue weighted by Gasteiger charge is 2.40. The maximum atomic E-state index is 12.4. The van der Waals surface area contributed by atoms with Crippen LogP contribution in [-0.2, 0) is 14.4 Å². The molecule has 0 aromatic heterocycles. The lowest BCUT2D eigenvalue weighted by Crippen LogP contribution is -2.54. The monoisotopic (exact) mass is 641 g/mol. The van der Waals surface area contributed by atoms with Gasteiger partial charge in [0.05, 0.1) is 0 Å². The Kier molecular flexibility index (Phi) is 20.4. The average Bonchev–Trinajstić information content (AvgIpc) is 2.99. The Hall–Kier alpha value is -2.17. The molecule has 0 radical (unpaired) electrons. The summed E-state index contributed by atoms with van der Waals surface area (Å²) in [6, 6.07) is 5.62. The zero-order valence-corrected chi connectivity index (χ0v) is 31.7. The molecule has 46 heavy (non-hydrogen) atoms. The van der Waals surface area contributed by atoms with Gasteiger partial charge < -0.3 is 0 Å². The van der Waals surface area contributed by atoms with Crippen LogP contribution in [-0.4, -0.2) is 23.8 Å². The Morgan fingerprint density at radius 3 is 2.02 bits per heavy atom. The maximum absolute atomic E-state index is 12.4. The zero-order chi connectivity index (χ0) is 34.7. The fourth-order valence-corrected chi connectivity index (χ4v) is 7.39. The second-order valence-corrected chi connectivity index (χ2v) is 14.9. The predicted molar refractivity (Wildman–Crippen MR) is 197 cm³/mol. The van der Waals surface area contributed by atoms with Gasteiger partial charge in [0, 0.05) is 19.0 Å². The number of piperidine rings is 1. The van der Waals surface area contributed by atoms with Gasteiger partial charge in [-0.05, 0) is 92.2 Å². The number of hydrogen-bond donors (Lipinski definition) is 1. The Balaban J connectivity index is 0.000000484. The van der Waals surface area contributed by atoms with E-state index < -0.39 is 11.9 Å². The standard InChI is InChI=1S/C23H34N2O3.C13H26.C5H12/c1-5-7-8-10-18(9-6-2)19-11-12-20(16(3)15-19)25(17(4)26)21-13-14-22(27)24-23(21)28;1-4-6-7-9-13(8-5-2)10-12(3)11-13;1-4-5(2)3/h11-12,15,18,21H,5-10,13-14H2,1-4H3,(H,24,27,28);12H,4-11H2,1-3H3;5H,4H2,1-3H3. The van der Waals surface area contributed by atoms with Crippen molar-refractivity contribution in [3.63, 3.8) is 0 Å². The van der Waals surface area contributed by atoms with Crippen LogP contribution in [0.1, 0.15) is 189 Å². The zero-order valence-electron chi connectivity index (χ0n) is 31.7. The molecule has 264 valence electrons. The van der Waals surface area contributed by atoms with E-state index in [-0.39, 0.29) is 18.2 Å². The van der Waals surface area contributed by atoms with Crippen LogP contribution in [0.5, 0.6) is 0 Å². The topological polar surface area (TPSA) is 66.5 Å². The Morgan fingerprint density at radius 2 is 1.54 bits per heavy atom. The number of anilines is 1. The van der Waals surface area contributed by atoms with Gasteiger partial charge in [-0.3, -0.25) is 24.6 Å². The summed E-state index contributed by atoms with van der Waals surface area (Å²) in [6.45, 7) is 21.6. The van der Waals surface area contributed by atoms with Crippen LogP contribution in [0.4, 0.5) is 5.69 Å². The fourth-order valence-electron chi connectivity index (χ4n) is 7.39. The fraction of sp³-hybridized carbons (Fsp3) is 0.780. The molecule has 5 nitrogen and oxygen atoms in total. The Morgan fingerprint density at radius 1 is 0.913 bits per heavy atom. The molecular weight excluding hydrogens is 568 g/mol. The number of benzene rings is 1. The molecule has 2 fully saturated rings. The smallest absolute Gasteiger partial charge is 0.249 e. The molecule has 1 aliphatic heterocycles. The lowest BCUT2D eigenvalue weighted by atomic mass is 9.58. The van der Waals surface area contributed by atoms with Gasteiger partial charge in [0.1, 0.15) is 6.04 Å². The molecule has 1 aromatic carbocycles. The minimum Gasteiger partial charge on any atom is -0.300 e. The molecule has 2 unspecified atom stereocenters. The molecule has 1 heterocycles. The van der Waals surface area contributed by atoms with Crippen molar-refractivity contribution in [2.75, 3.05) is 4.90 Å². The molecule has 0 spiro atoms. The van der Waals surface area contributed by atoms with Gasteiger partial charge in [0.2, 0.25) is 17.7 Å². The number of nitrogens with one attached hydrogen (secondary N) is 1. The van der Waals surface area contributed by atoms with Gasteiger partial charge in [0.15, 0.2) is 0 Å². The van der Waals surface area contributed by atoms with Gasteiger partial charge in [-0.25, -0.2) is 0 Å². The van der Waals surface area contributed by atoms with E-state index in [9.17, 15) is 14.4 Å². The molecule has 3 rings (SSSR count). The Labute approximate surface area is 284 Å². The summed E-state index contributed by atoms with van der Waals surface area (Å²) in [5, 5.41) is 2.36. The number of aryl methyl sites for hydroxylation is 1. The molecule has 1 aliphatic carbocycles. The van der Waals surface area contributed by atoms with E-state index in [1.54, 1.807) is 4.90 Å². The van der Waals surface area contributed by atoms with E-state index in [0.717, 1.165) is 41.3 Å². The van der Waals surface area contributed by atoms with Crippen molar-refractivity contribution in [3.8, 4) is 0 Å². The van der Waals surface area contributed by atoms with E-state index in [2.05, 4.69) is 72.8 Å². The van der Waals surface area contributed by atoms with E-state index in [1.165, 1.54) is 96.0 Å². The molecule has 2 atom stereocenters. The van der Waals surface area contributed by atoms with Crippen LogP contribution in [0.2, 0.25) is 0 Å². The van der Waals surface area contributed by atoms with Crippen molar-refractivity contribution < 1.29 is 14.4 Å². The first-order chi connectivity index (χ1) is 21.9. The minimum absolute atomic E-state index is 0.182. The summed E-state index contributed by atoms with van der Waals surface area (Å²) in [6.07, 6.45) is 20.8. The second kappa shape index (κ2) is 22.4. The summed E-state index contributed by atoms with van der Waals surface area (Å²) in [7, 11) is 0. The maximum Gasteiger partial charge on any atom is 0.249 e. The third kappa shape index (κ3) is 14.3. The second-order valence-electron chi connectivity index (χ2n) is 14.9. The molecular formula is C41H72N2O3. The molecule has 2 aliphatic rings. The third-order valence-corrected chi connectivity index (χ3v) is 10.1. The first kappa shape index (κ1) is 41.9. The largest absolute Gasteiger partial charge is 0.300 e. The third-order valence-electron chi connectivity index (χ3n) is 10.1.